The summed E-state index contributed by atoms with van der Waals surface area (Å²) in [6, 6.07) is 2.61. The Morgan fingerprint density at radius 2 is 1.25 bits per heavy atom. The highest BCUT2D eigenvalue weighted by Gasteiger charge is 2.28. The third-order valence-corrected chi connectivity index (χ3v) is 5.45. The summed E-state index contributed by atoms with van der Waals surface area (Å²) in [6.45, 7) is 2.12. The van der Waals surface area contributed by atoms with Crippen molar-refractivity contribution in [3.05, 3.63) is 29.8 Å². The third kappa shape index (κ3) is 5.30. The standard InChI is InChI=1S/C19H29F2N11/c20-10-1-2-15(21)16(3-10)29-30-17-26-18(31-6-11(22)4-12(23)7-31)28-19(27-17)32-8-13(24)5-14(25)9-32/h1-3,11-14,29H,4-9,22-25H2,(H,26,27,28,30)/t11-,12+,13-,14+. The van der Waals surface area contributed by atoms with Crippen LogP contribution in [0.1, 0.15) is 12.8 Å². The van der Waals surface area contributed by atoms with E-state index in [-0.39, 0.29) is 35.8 Å². The summed E-state index contributed by atoms with van der Waals surface area (Å²) in [7, 11) is 0. The molecular formula is C19H29F2N11. The molecule has 174 valence electrons. The summed E-state index contributed by atoms with van der Waals surface area (Å²) in [6.07, 6.45) is 1.41. The van der Waals surface area contributed by atoms with Gasteiger partial charge in [-0.15, -0.1) is 0 Å². The Labute approximate surface area is 184 Å². The summed E-state index contributed by atoms with van der Waals surface area (Å²) in [5, 5.41) is 0. The van der Waals surface area contributed by atoms with Gasteiger partial charge in [0.1, 0.15) is 11.6 Å². The quantitative estimate of drug-likeness (QED) is 0.319. The second kappa shape index (κ2) is 9.32. The fourth-order valence-corrected chi connectivity index (χ4v) is 4.09. The van der Waals surface area contributed by atoms with Crippen LogP contribution >= 0.6 is 0 Å². The molecule has 2 aliphatic rings. The van der Waals surface area contributed by atoms with Crippen molar-refractivity contribution in [1.82, 2.24) is 15.0 Å². The first-order chi connectivity index (χ1) is 15.3. The zero-order chi connectivity index (χ0) is 22.8. The fourth-order valence-electron chi connectivity index (χ4n) is 4.09. The molecular weight excluding hydrogens is 420 g/mol. The summed E-state index contributed by atoms with van der Waals surface area (Å²) < 4.78 is 27.5. The molecule has 11 nitrogen and oxygen atoms in total. The van der Waals surface area contributed by atoms with Gasteiger partial charge in [0.2, 0.25) is 17.8 Å². The van der Waals surface area contributed by atoms with Crippen LogP contribution in [0.4, 0.5) is 32.3 Å². The van der Waals surface area contributed by atoms with Crippen LogP contribution in [-0.2, 0) is 0 Å². The van der Waals surface area contributed by atoms with E-state index >= 15 is 0 Å². The average molecular weight is 450 g/mol. The first-order valence-electron chi connectivity index (χ1n) is 10.5. The van der Waals surface area contributed by atoms with Crippen LogP contribution in [0.15, 0.2) is 18.2 Å². The van der Waals surface area contributed by atoms with E-state index in [2.05, 4.69) is 25.8 Å². The molecule has 0 bridgehead atoms. The molecule has 10 N–H and O–H groups in total. The van der Waals surface area contributed by atoms with Crippen molar-refractivity contribution in [3.63, 3.8) is 0 Å². The van der Waals surface area contributed by atoms with E-state index in [0.29, 0.717) is 50.9 Å². The lowest BCUT2D eigenvalue weighted by Gasteiger charge is -2.37. The summed E-state index contributed by atoms with van der Waals surface area (Å²) >= 11 is 0. The molecule has 0 spiro atoms. The summed E-state index contributed by atoms with van der Waals surface area (Å²) in [5.41, 5.74) is 29.8. The minimum atomic E-state index is -0.630. The van der Waals surface area contributed by atoms with Gasteiger partial charge in [-0.2, -0.15) is 15.0 Å². The van der Waals surface area contributed by atoms with Crippen LogP contribution < -0.4 is 43.6 Å². The van der Waals surface area contributed by atoms with Gasteiger partial charge < -0.3 is 32.7 Å². The first-order valence-corrected chi connectivity index (χ1v) is 10.5. The maximum absolute atomic E-state index is 14.0. The Kier molecular flexibility index (Phi) is 6.50. The van der Waals surface area contributed by atoms with Gasteiger partial charge in [-0.1, -0.05) is 0 Å². The maximum atomic E-state index is 14.0. The van der Waals surface area contributed by atoms with Crippen LogP contribution in [0.5, 0.6) is 0 Å². The molecule has 32 heavy (non-hydrogen) atoms. The molecule has 2 aromatic rings. The molecule has 0 aliphatic carbocycles. The predicted octanol–water partition coefficient (Wildman–Crippen LogP) is -0.682. The van der Waals surface area contributed by atoms with Crippen molar-refractivity contribution in [2.75, 3.05) is 46.8 Å². The molecule has 3 heterocycles. The van der Waals surface area contributed by atoms with Gasteiger partial charge in [0, 0.05) is 56.4 Å². The number of piperidine rings is 2. The monoisotopic (exact) mass is 449 g/mol. The zero-order valence-electron chi connectivity index (χ0n) is 17.6. The van der Waals surface area contributed by atoms with E-state index in [1.54, 1.807) is 0 Å². The van der Waals surface area contributed by atoms with E-state index in [1.807, 2.05) is 9.80 Å². The minimum absolute atomic E-state index is 0.0856. The number of halogens is 2. The molecule has 2 aliphatic heterocycles. The second-order valence-corrected chi connectivity index (χ2v) is 8.45. The Bertz CT molecular complexity index is 881. The van der Waals surface area contributed by atoms with Gasteiger partial charge >= 0.3 is 0 Å². The normalized spacial score (nSPS) is 26.2. The van der Waals surface area contributed by atoms with Gasteiger partial charge in [0.15, 0.2) is 0 Å². The lowest BCUT2D eigenvalue weighted by Crippen LogP contribution is -2.54. The van der Waals surface area contributed by atoms with Crippen molar-refractivity contribution >= 4 is 23.5 Å². The number of hydrogen-bond donors (Lipinski definition) is 6. The molecule has 1 aromatic carbocycles. The average Bonchev–Trinajstić information content (AvgIpc) is 2.73. The molecule has 4 rings (SSSR count). The van der Waals surface area contributed by atoms with Crippen LogP contribution in [0.3, 0.4) is 0 Å². The summed E-state index contributed by atoms with van der Waals surface area (Å²) in [4.78, 5) is 17.3. The predicted molar refractivity (Wildman–Crippen MR) is 119 cm³/mol. The molecule has 0 radical (unpaired) electrons. The van der Waals surface area contributed by atoms with Crippen LogP contribution in [0.25, 0.3) is 0 Å². The number of nitrogens with two attached hydrogens (primary N) is 4. The van der Waals surface area contributed by atoms with Crippen LogP contribution in [-0.4, -0.2) is 65.3 Å². The van der Waals surface area contributed by atoms with E-state index in [4.69, 9.17) is 22.9 Å². The van der Waals surface area contributed by atoms with Gasteiger partial charge in [-0.05, 0) is 25.0 Å². The van der Waals surface area contributed by atoms with E-state index in [9.17, 15) is 8.78 Å². The number of hydrazine groups is 1. The Hall–Kier alpha value is -2.87. The largest absolute Gasteiger partial charge is 0.338 e. The number of anilines is 4. The van der Waals surface area contributed by atoms with E-state index < -0.39 is 11.6 Å². The van der Waals surface area contributed by atoms with Gasteiger partial charge in [0.05, 0.1) is 5.69 Å². The number of aromatic nitrogens is 3. The van der Waals surface area contributed by atoms with Crippen molar-refractivity contribution in [1.29, 1.82) is 0 Å². The highest BCUT2D eigenvalue weighted by Crippen LogP contribution is 2.23. The van der Waals surface area contributed by atoms with Crippen LogP contribution in [0, 0.1) is 11.6 Å². The van der Waals surface area contributed by atoms with Crippen molar-refractivity contribution in [3.8, 4) is 0 Å². The highest BCUT2D eigenvalue weighted by molar-refractivity contribution is 5.52. The summed E-state index contributed by atoms with van der Waals surface area (Å²) in [5.74, 6) is -0.349. The minimum Gasteiger partial charge on any atom is -0.338 e. The lowest BCUT2D eigenvalue weighted by molar-refractivity contribution is 0.441. The lowest BCUT2D eigenvalue weighted by atomic mass is 10.0. The molecule has 2 saturated heterocycles. The Morgan fingerprint density at radius 1 is 0.750 bits per heavy atom. The van der Waals surface area contributed by atoms with Crippen molar-refractivity contribution in [2.24, 2.45) is 22.9 Å². The Balaban J connectivity index is 1.63. The Morgan fingerprint density at radius 3 is 1.75 bits per heavy atom. The molecule has 13 heteroatoms. The van der Waals surface area contributed by atoms with Crippen LogP contribution in [0.2, 0.25) is 0 Å². The first kappa shape index (κ1) is 22.3. The number of nitrogens with one attached hydrogen (secondary N) is 2. The van der Waals surface area contributed by atoms with Gasteiger partial charge in [-0.3, -0.25) is 10.9 Å². The smallest absolute Gasteiger partial charge is 0.248 e. The van der Waals surface area contributed by atoms with Crippen molar-refractivity contribution < 1.29 is 8.78 Å². The van der Waals surface area contributed by atoms with E-state index in [1.165, 1.54) is 0 Å². The number of benzene rings is 1. The topological polar surface area (TPSA) is 173 Å². The number of rotatable bonds is 5. The van der Waals surface area contributed by atoms with E-state index in [0.717, 1.165) is 18.2 Å². The zero-order valence-corrected chi connectivity index (χ0v) is 17.6. The molecule has 0 amide bonds. The van der Waals surface area contributed by atoms with Gasteiger partial charge in [-0.25, -0.2) is 8.78 Å². The van der Waals surface area contributed by atoms with Gasteiger partial charge in [0.25, 0.3) is 0 Å². The SMILES string of the molecule is N[C@@H]1C[C@H](N)CN(c2nc(NNc3cc(F)ccc3F)nc(N3C[C@H](N)C[C@H](N)C3)n2)C1. The molecule has 0 saturated carbocycles. The molecule has 1 aromatic heterocycles. The van der Waals surface area contributed by atoms with Crippen molar-refractivity contribution in [2.45, 2.75) is 37.0 Å². The highest BCUT2D eigenvalue weighted by atomic mass is 19.1. The second-order valence-electron chi connectivity index (χ2n) is 8.45. The molecule has 4 atom stereocenters. The number of hydrogen-bond acceptors (Lipinski definition) is 11. The maximum Gasteiger partial charge on any atom is 0.248 e. The third-order valence-electron chi connectivity index (χ3n) is 5.45. The molecule has 0 unspecified atom stereocenters. The number of nitrogens with zero attached hydrogens (tertiary/aromatic N) is 5. The molecule has 2 fully saturated rings. The fraction of sp³-hybridized carbons (Fsp3) is 0.526.